The fourth-order valence-electron chi connectivity index (χ4n) is 2.82. The number of hydrogen-bond donors (Lipinski definition) is 3. The van der Waals surface area contributed by atoms with Crippen LogP contribution < -0.4 is 10.6 Å². The molecular weight excluding hydrogens is 248 g/mol. The number of urea groups is 1. The zero-order valence-electron chi connectivity index (χ0n) is 11.4. The normalized spacial score (nSPS) is 38.1. The molecule has 6 nitrogen and oxygen atoms in total. The maximum Gasteiger partial charge on any atom is 0.315 e. The van der Waals surface area contributed by atoms with Crippen LogP contribution >= 0.6 is 0 Å². The van der Waals surface area contributed by atoms with Gasteiger partial charge in [-0.05, 0) is 39.5 Å². The SMILES string of the molecule is CC1OCCC1(C)NC(=O)N[C@H]1CC[C@@H](C(=O)O)C1. The lowest BCUT2D eigenvalue weighted by molar-refractivity contribution is -0.141. The van der Waals surface area contributed by atoms with Gasteiger partial charge in [0.15, 0.2) is 0 Å². The minimum atomic E-state index is -0.769. The van der Waals surface area contributed by atoms with Gasteiger partial charge >= 0.3 is 12.0 Å². The Bertz CT molecular complexity index is 374. The Morgan fingerprint density at radius 2 is 2.11 bits per heavy atom. The molecule has 108 valence electrons. The Labute approximate surface area is 112 Å². The molecule has 1 saturated carbocycles. The van der Waals surface area contributed by atoms with Gasteiger partial charge in [0.25, 0.3) is 0 Å². The van der Waals surface area contributed by atoms with Gasteiger partial charge in [0.1, 0.15) is 0 Å². The van der Waals surface area contributed by atoms with E-state index >= 15 is 0 Å². The van der Waals surface area contributed by atoms with Crippen molar-refractivity contribution >= 4 is 12.0 Å². The van der Waals surface area contributed by atoms with Gasteiger partial charge in [0, 0.05) is 12.6 Å². The molecule has 3 N–H and O–H groups in total. The largest absolute Gasteiger partial charge is 0.481 e. The first-order valence-corrected chi connectivity index (χ1v) is 6.84. The molecule has 2 unspecified atom stereocenters. The second kappa shape index (κ2) is 5.36. The first kappa shape index (κ1) is 14.1. The van der Waals surface area contributed by atoms with Crippen molar-refractivity contribution in [3.05, 3.63) is 0 Å². The summed E-state index contributed by atoms with van der Waals surface area (Å²) in [6.45, 7) is 4.57. The third-order valence-electron chi connectivity index (χ3n) is 4.40. The summed E-state index contributed by atoms with van der Waals surface area (Å²) in [6, 6.07) is -0.266. The summed E-state index contributed by atoms with van der Waals surface area (Å²) in [4.78, 5) is 22.8. The highest BCUT2D eigenvalue weighted by Crippen LogP contribution is 2.27. The molecule has 6 heteroatoms. The molecule has 0 aromatic carbocycles. The van der Waals surface area contributed by atoms with Gasteiger partial charge in [-0.1, -0.05) is 0 Å². The summed E-state index contributed by atoms with van der Waals surface area (Å²) in [5.41, 5.74) is -0.338. The molecule has 1 heterocycles. The van der Waals surface area contributed by atoms with Crippen molar-refractivity contribution in [2.75, 3.05) is 6.61 Å². The average molecular weight is 270 g/mol. The zero-order valence-corrected chi connectivity index (χ0v) is 11.4. The van der Waals surface area contributed by atoms with Gasteiger partial charge < -0.3 is 20.5 Å². The fourth-order valence-corrected chi connectivity index (χ4v) is 2.82. The minimum absolute atomic E-state index is 0.00593. The van der Waals surface area contributed by atoms with Crippen LogP contribution in [-0.4, -0.2) is 41.4 Å². The van der Waals surface area contributed by atoms with Crippen molar-refractivity contribution in [1.29, 1.82) is 0 Å². The molecule has 2 aliphatic rings. The Morgan fingerprint density at radius 3 is 2.63 bits per heavy atom. The molecule has 2 amide bonds. The Balaban J connectivity index is 1.81. The average Bonchev–Trinajstić information content (AvgIpc) is 2.88. The molecule has 2 rings (SSSR count). The summed E-state index contributed by atoms with van der Waals surface area (Å²) < 4.78 is 5.47. The van der Waals surface area contributed by atoms with Crippen molar-refractivity contribution in [2.45, 2.75) is 57.2 Å². The van der Waals surface area contributed by atoms with Gasteiger partial charge in [-0.25, -0.2) is 4.79 Å². The summed E-state index contributed by atoms with van der Waals surface area (Å²) >= 11 is 0. The highest BCUT2D eigenvalue weighted by atomic mass is 16.5. The number of hydrogen-bond acceptors (Lipinski definition) is 3. The molecule has 0 radical (unpaired) electrons. The number of nitrogens with one attached hydrogen (secondary N) is 2. The predicted molar refractivity (Wildman–Crippen MR) is 68.9 cm³/mol. The first-order valence-electron chi connectivity index (χ1n) is 6.84. The minimum Gasteiger partial charge on any atom is -0.481 e. The molecule has 2 fully saturated rings. The zero-order chi connectivity index (χ0) is 14.0. The molecule has 0 aromatic heterocycles. The van der Waals surface area contributed by atoms with Gasteiger partial charge in [0.05, 0.1) is 17.6 Å². The molecule has 0 bridgehead atoms. The second-order valence-corrected chi connectivity index (χ2v) is 5.82. The van der Waals surface area contributed by atoms with Crippen LogP contribution in [-0.2, 0) is 9.53 Å². The number of amides is 2. The number of aliphatic carboxylic acids is 1. The van der Waals surface area contributed by atoms with E-state index < -0.39 is 5.97 Å². The lowest BCUT2D eigenvalue weighted by Gasteiger charge is -2.29. The van der Waals surface area contributed by atoms with E-state index in [0.29, 0.717) is 19.4 Å². The molecule has 19 heavy (non-hydrogen) atoms. The number of carbonyl (C=O) groups excluding carboxylic acids is 1. The first-order chi connectivity index (χ1) is 8.90. The summed E-state index contributed by atoms with van der Waals surface area (Å²) in [5, 5.41) is 14.7. The summed E-state index contributed by atoms with van der Waals surface area (Å²) in [5.74, 6) is -1.09. The van der Waals surface area contributed by atoms with Crippen LogP contribution in [0.4, 0.5) is 4.79 Å². The van der Waals surface area contributed by atoms with E-state index in [1.165, 1.54) is 0 Å². The molecule has 1 aliphatic heterocycles. The van der Waals surface area contributed by atoms with Crippen LogP contribution in [0.2, 0.25) is 0 Å². The van der Waals surface area contributed by atoms with E-state index in [-0.39, 0.29) is 29.6 Å². The number of rotatable bonds is 3. The number of carboxylic acid groups (broad SMARTS) is 1. The molecule has 1 aliphatic carbocycles. The summed E-state index contributed by atoms with van der Waals surface area (Å²) in [6.07, 6.45) is 2.67. The van der Waals surface area contributed by atoms with E-state index in [2.05, 4.69) is 10.6 Å². The topological polar surface area (TPSA) is 87.7 Å². The van der Waals surface area contributed by atoms with E-state index in [9.17, 15) is 9.59 Å². The van der Waals surface area contributed by atoms with Gasteiger partial charge in [-0.15, -0.1) is 0 Å². The standard InChI is InChI=1S/C13H22N2O4/c1-8-13(2,5-6-19-8)15-12(18)14-10-4-3-9(7-10)11(16)17/h8-10H,3-7H2,1-2H3,(H,16,17)(H2,14,15,18)/t8?,9-,10+,13?/m1/s1. The molecule has 0 spiro atoms. The lowest BCUT2D eigenvalue weighted by Crippen LogP contribution is -2.55. The number of carbonyl (C=O) groups is 2. The third kappa shape index (κ3) is 3.18. The monoisotopic (exact) mass is 270 g/mol. The van der Waals surface area contributed by atoms with Crippen LogP contribution in [0.25, 0.3) is 0 Å². The smallest absolute Gasteiger partial charge is 0.315 e. The van der Waals surface area contributed by atoms with Gasteiger partial charge in [-0.3, -0.25) is 4.79 Å². The summed E-state index contributed by atoms with van der Waals surface area (Å²) in [7, 11) is 0. The molecular formula is C13H22N2O4. The van der Waals surface area contributed by atoms with Crippen molar-refractivity contribution < 1.29 is 19.4 Å². The maximum absolute atomic E-state index is 12.0. The Kier molecular flexibility index (Phi) is 3.99. The molecule has 1 saturated heterocycles. The Morgan fingerprint density at radius 1 is 1.37 bits per heavy atom. The van der Waals surface area contributed by atoms with Crippen LogP contribution in [0, 0.1) is 5.92 Å². The lowest BCUT2D eigenvalue weighted by atomic mass is 9.95. The van der Waals surface area contributed by atoms with Crippen LogP contribution in [0.5, 0.6) is 0 Å². The quantitative estimate of drug-likeness (QED) is 0.716. The Hall–Kier alpha value is -1.30. The van der Waals surface area contributed by atoms with Crippen LogP contribution in [0.3, 0.4) is 0 Å². The van der Waals surface area contributed by atoms with Gasteiger partial charge in [-0.2, -0.15) is 0 Å². The number of ether oxygens (including phenoxy) is 1. The third-order valence-corrected chi connectivity index (χ3v) is 4.40. The van der Waals surface area contributed by atoms with Crippen molar-refractivity contribution in [2.24, 2.45) is 5.92 Å². The van der Waals surface area contributed by atoms with Crippen LogP contribution in [0.15, 0.2) is 0 Å². The molecule has 0 aromatic rings. The highest BCUT2D eigenvalue weighted by molar-refractivity contribution is 5.76. The van der Waals surface area contributed by atoms with Crippen molar-refractivity contribution in [1.82, 2.24) is 10.6 Å². The van der Waals surface area contributed by atoms with Gasteiger partial charge in [0.2, 0.25) is 0 Å². The van der Waals surface area contributed by atoms with E-state index in [0.717, 1.165) is 12.8 Å². The highest BCUT2D eigenvalue weighted by Gasteiger charge is 2.39. The van der Waals surface area contributed by atoms with E-state index in [1.807, 2.05) is 13.8 Å². The fraction of sp³-hybridized carbons (Fsp3) is 0.846. The maximum atomic E-state index is 12.0. The second-order valence-electron chi connectivity index (χ2n) is 5.82. The van der Waals surface area contributed by atoms with Crippen molar-refractivity contribution in [3.63, 3.8) is 0 Å². The molecule has 4 atom stereocenters. The number of carboxylic acids is 1. The van der Waals surface area contributed by atoms with E-state index in [1.54, 1.807) is 0 Å². The predicted octanol–water partition coefficient (Wildman–Crippen LogP) is 1.11. The van der Waals surface area contributed by atoms with Crippen LogP contribution in [0.1, 0.15) is 39.5 Å². The van der Waals surface area contributed by atoms with E-state index in [4.69, 9.17) is 9.84 Å². The van der Waals surface area contributed by atoms with Crippen molar-refractivity contribution in [3.8, 4) is 0 Å².